The molecule has 9 heteroatoms. The lowest BCUT2D eigenvalue weighted by molar-refractivity contribution is -0.153. The first-order chi connectivity index (χ1) is 15.9. The van der Waals surface area contributed by atoms with Crippen molar-refractivity contribution in [2.45, 2.75) is 63.6 Å². The van der Waals surface area contributed by atoms with Crippen LogP contribution in [0.15, 0.2) is 47.4 Å². The summed E-state index contributed by atoms with van der Waals surface area (Å²) in [4.78, 5) is 23.8. The van der Waals surface area contributed by atoms with E-state index in [2.05, 4.69) is 0 Å². The maximum atomic E-state index is 13.6. The van der Waals surface area contributed by atoms with Gasteiger partial charge in [0.25, 0.3) is 10.0 Å². The molecule has 0 spiro atoms. The highest BCUT2D eigenvalue weighted by Gasteiger charge is 2.35. The van der Waals surface area contributed by atoms with Gasteiger partial charge in [0.1, 0.15) is 23.2 Å². The Bertz CT molecular complexity index is 1240. The number of ether oxygens (including phenoxy) is 2. The molecule has 0 fully saturated rings. The van der Waals surface area contributed by atoms with Crippen LogP contribution in [0.3, 0.4) is 0 Å². The molecule has 0 unspecified atom stereocenters. The second-order valence-corrected chi connectivity index (χ2v) is 11.1. The van der Waals surface area contributed by atoms with Gasteiger partial charge in [-0.15, -0.1) is 0 Å². The van der Waals surface area contributed by atoms with E-state index in [9.17, 15) is 23.3 Å². The standard InChI is InChI=1S/C25H28N2O6S/c1-17(28)8-10-20-16-27(34(30,31)21-7-5-6-19(12-21)15-26)22-13-18(9-11-23(22)32-20)14-24(29)33-25(2,3)4/h5-7,9,11-13,20H,8,10,14,16H2,1-4H3/t20-/m0/s1. The number of benzene rings is 2. The SMILES string of the molecule is CC(=O)CC[C@H]1CN(S(=O)(=O)c2cccc(C#N)c2)c2cc(CC(=O)OC(C)(C)C)ccc2O1. The van der Waals surface area contributed by atoms with Crippen LogP contribution in [0, 0.1) is 11.3 Å². The highest BCUT2D eigenvalue weighted by atomic mass is 32.2. The van der Waals surface area contributed by atoms with Crippen LogP contribution in [0.5, 0.6) is 5.75 Å². The van der Waals surface area contributed by atoms with Crippen LogP contribution < -0.4 is 9.04 Å². The first-order valence-electron chi connectivity index (χ1n) is 10.9. The first kappa shape index (κ1) is 25.2. The average molecular weight is 485 g/mol. The zero-order chi connectivity index (χ0) is 25.1. The molecule has 2 aromatic rings. The van der Waals surface area contributed by atoms with Crippen molar-refractivity contribution in [2.75, 3.05) is 10.8 Å². The number of nitriles is 1. The normalized spacial score (nSPS) is 15.6. The fourth-order valence-corrected chi connectivity index (χ4v) is 5.15. The molecule has 0 radical (unpaired) electrons. The van der Waals surface area contributed by atoms with Crippen LogP contribution in [0.4, 0.5) is 5.69 Å². The first-order valence-corrected chi connectivity index (χ1v) is 12.4. The number of carbonyl (C=O) groups is 2. The second kappa shape index (κ2) is 9.85. The topological polar surface area (TPSA) is 114 Å². The Labute approximate surface area is 200 Å². The van der Waals surface area contributed by atoms with E-state index in [0.29, 0.717) is 23.4 Å². The highest BCUT2D eigenvalue weighted by Crippen LogP contribution is 2.39. The number of Topliss-reactive ketones (excluding diaryl/α,β-unsaturated/α-hetero) is 1. The molecule has 1 aliphatic heterocycles. The summed E-state index contributed by atoms with van der Waals surface area (Å²) in [7, 11) is -4.05. The summed E-state index contributed by atoms with van der Waals surface area (Å²) in [5.41, 5.74) is 0.452. The Morgan fingerprint density at radius 3 is 2.59 bits per heavy atom. The number of esters is 1. The molecule has 34 heavy (non-hydrogen) atoms. The van der Waals surface area contributed by atoms with Crippen molar-refractivity contribution >= 4 is 27.5 Å². The molecule has 0 aliphatic carbocycles. The van der Waals surface area contributed by atoms with Gasteiger partial charge in [-0.2, -0.15) is 5.26 Å². The molecule has 0 bridgehead atoms. The molecule has 1 heterocycles. The zero-order valence-corrected chi connectivity index (χ0v) is 20.5. The lowest BCUT2D eigenvalue weighted by Crippen LogP contribution is -2.43. The molecule has 0 saturated carbocycles. The van der Waals surface area contributed by atoms with Gasteiger partial charge < -0.3 is 14.3 Å². The van der Waals surface area contributed by atoms with Crippen LogP contribution in [0.1, 0.15) is 51.7 Å². The molecule has 2 aromatic carbocycles. The van der Waals surface area contributed by atoms with Gasteiger partial charge in [0.15, 0.2) is 0 Å². The number of anilines is 1. The van der Waals surface area contributed by atoms with Gasteiger partial charge in [-0.3, -0.25) is 9.10 Å². The fraction of sp³-hybridized carbons (Fsp3) is 0.400. The summed E-state index contributed by atoms with van der Waals surface area (Å²) >= 11 is 0. The average Bonchev–Trinajstić information content (AvgIpc) is 2.75. The number of rotatable bonds is 7. The second-order valence-electron chi connectivity index (χ2n) is 9.22. The minimum absolute atomic E-state index is 0.00468. The Hall–Kier alpha value is -3.38. The maximum Gasteiger partial charge on any atom is 0.310 e. The lowest BCUT2D eigenvalue weighted by Gasteiger charge is -2.36. The van der Waals surface area contributed by atoms with Crippen molar-refractivity contribution in [2.24, 2.45) is 0 Å². The molecular weight excluding hydrogens is 456 g/mol. The highest BCUT2D eigenvalue weighted by molar-refractivity contribution is 7.92. The van der Waals surface area contributed by atoms with Gasteiger partial charge in [-0.25, -0.2) is 8.42 Å². The van der Waals surface area contributed by atoms with Crippen molar-refractivity contribution < 1.29 is 27.5 Å². The molecular formula is C25H28N2O6S. The summed E-state index contributed by atoms with van der Waals surface area (Å²) in [6, 6.07) is 12.7. The van der Waals surface area contributed by atoms with Crippen LogP contribution in [-0.2, 0) is 30.8 Å². The van der Waals surface area contributed by atoms with E-state index in [1.807, 2.05) is 6.07 Å². The van der Waals surface area contributed by atoms with E-state index in [1.165, 1.54) is 35.5 Å². The molecule has 1 atom stereocenters. The minimum atomic E-state index is -4.05. The zero-order valence-electron chi connectivity index (χ0n) is 19.7. The molecule has 3 rings (SSSR count). The summed E-state index contributed by atoms with van der Waals surface area (Å²) in [5, 5.41) is 9.21. The molecule has 0 amide bonds. The third-order valence-electron chi connectivity index (χ3n) is 5.09. The predicted molar refractivity (Wildman–Crippen MR) is 126 cm³/mol. The van der Waals surface area contributed by atoms with Gasteiger partial charge >= 0.3 is 5.97 Å². The third-order valence-corrected chi connectivity index (χ3v) is 6.87. The molecule has 180 valence electrons. The van der Waals surface area contributed by atoms with E-state index in [-0.39, 0.29) is 35.6 Å². The van der Waals surface area contributed by atoms with Gasteiger partial charge in [0, 0.05) is 6.42 Å². The number of fused-ring (bicyclic) bond motifs is 1. The Morgan fingerprint density at radius 2 is 1.94 bits per heavy atom. The van der Waals surface area contributed by atoms with Crippen molar-refractivity contribution in [1.29, 1.82) is 5.26 Å². The summed E-state index contributed by atoms with van der Waals surface area (Å²) in [5.74, 6) is -0.106. The summed E-state index contributed by atoms with van der Waals surface area (Å²) < 4.78 is 39.9. The van der Waals surface area contributed by atoms with Crippen LogP contribution in [0.2, 0.25) is 0 Å². The Morgan fingerprint density at radius 1 is 1.21 bits per heavy atom. The minimum Gasteiger partial charge on any atom is -0.486 e. The van der Waals surface area contributed by atoms with Crippen LogP contribution in [0.25, 0.3) is 0 Å². The fourth-order valence-electron chi connectivity index (χ4n) is 3.61. The molecule has 0 saturated heterocycles. The monoisotopic (exact) mass is 484 g/mol. The van der Waals surface area contributed by atoms with Crippen LogP contribution >= 0.6 is 0 Å². The van der Waals surface area contributed by atoms with Gasteiger partial charge in [-0.05, 0) is 70.0 Å². The molecule has 8 nitrogen and oxygen atoms in total. The van der Waals surface area contributed by atoms with Crippen molar-refractivity contribution in [3.05, 3.63) is 53.6 Å². The van der Waals surface area contributed by atoms with E-state index in [4.69, 9.17) is 9.47 Å². The number of ketones is 1. The summed E-state index contributed by atoms with van der Waals surface area (Å²) in [6.45, 7) is 6.79. The van der Waals surface area contributed by atoms with Crippen molar-refractivity contribution in [3.8, 4) is 11.8 Å². The van der Waals surface area contributed by atoms with E-state index in [1.54, 1.807) is 39.0 Å². The van der Waals surface area contributed by atoms with Gasteiger partial charge in [-0.1, -0.05) is 12.1 Å². The van der Waals surface area contributed by atoms with Gasteiger partial charge in [0.2, 0.25) is 0 Å². The Balaban J connectivity index is 2.00. The van der Waals surface area contributed by atoms with Crippen molar-refractivity contribution in [1.82, 2.24) is 0 Å². The largest absolute Gasteiger partial charge is 0.486 e. The lowest BCUT2D eigenvalue weighted by atomic mass is 10.1. The van der Waals surface area contributed by atoms with Crippen molar-refractivity contribution in [3.63, 3.8) is 0 Å². The number of hydrogen-bond acceptors (Lipinski definition) is 7. The molecule has 0 N–H and O–H groups in total. The maximum absolute atomic E-state index is 13.6. The van der Waals surface area contributed by atoms with E-state index < -0.39 is 27.7 Å². The number of hydrogen-bond donors (Lipinski definition) is 0. The summed E-state index contributed by atoms with van der Waals surface area (Å²) in [6.07, 6.45) is 0.0608. The number of carbonyl (C=O) groups excluding carboxylic acids is 2. The molecule has 1 aliphatic rings. The Kier molecular flexibility index (Phi) is 7.32. The van der Waals surface area contributed by atoms with Crippen LogP contribution in [-0.4, -0.2) is 38.4 Å². The quantitative estimate of drug-likeness (QED) is 0.550. The third kappa shape index (κ3) is 6.14. The van der Waals surface area contributed by atoms with Gasteiger partial charge in [0.05, 0.1) is 35.2 Å². The molecule has 0 aromatic heterocycles. The predicted octanol–water partition coefficient (Wildman–Crippen LogP) is 3.77. The van der Waals surface area contributed by atoms with E-state index in [0.717, 1.165) is 0 Å². The van der Waals surface area contributed by atoms with E-state index >= 15 is 0 Å². The number of sulfonamides is 1. The smallest absolute Gasteiger partial charge is 0.310 e. The number of nitrogens with zero attached hydrogens (tertiary/aromatic N) is 2.